The third-order valence-electron chi connectivity index (χ3n) is 13.4. The topological polar surface area (TPSA) is 44.8 Å². The SMILES string of the molecule is CCC(/C=C/C(C)C1CCC2C3C(CCC12C)C1(C)CCC2(C[C@@H]1C[C@H]3OC(=O)c1ccccc1)OCCO2)C(C)C. The molecule has 4 heteroatoms. The molecule has 0 aromatic heterocycles. The molecule has 4 aliphatic carbocycles. The molecule has 1 spiro atoms. The van der Waals surface area contributed by atoms with Gasteiger partial charge in [-0.1, -0.05) is 71.9 Å². The molecule has 0 amide bonds. The van der Waals surface area contributed by atoms with Gasteiger partial charge >= 0.3 is 5.97 Å². The molecular formula is C38H56O4. The number of carbonyl (C=O) groups excluding carboxylic acids is 1. The molecule has 5 fully saturated rings. The average Bonchev–Trinajstić information content (AvgIpc) is 3.58. The number of hydrogen-bond donors (Lipinski definition) is 0. The summed E-state index contributed by atoms with van der Waals surface area (Å²) in [4.78, 5) is 13.6. The van der Waals surface area contributed by atoms with Crippen LogP contribution in [-0.2, 0) is 14.2 Å². The Kier molecular flexibility index (Phi) is 8.46. The lowest BCUT2D eigenvalue weighted by Crippen LogP contribution is -2.60. The van der Waals surface area contributed by atoms with Crippen molar-refractivity contribution in [3.63, 3.8) is 0 Å². The highest BCUT2D eigenvalue weighted by Crippen LogP contribution is 2.69. The summed E-state index contributed by atoms with van der Waals surface area (Å²) in [5.74, 6) is 4.10. The second kappa shape index (κ2) is 11.7. The van der Waals surface area contributed by atoms with Crippen LogP contribution in [0.15, 0.2) is 42.5 Å². The summed E-state index contributed by atoms with van der Waals surface area (Å²) in [5, 5.41) is 0. The quantitative estimate of drug-likeness (QED) is 0.240. The summed E-state index contributed by atoms with van der Waals surface area (Å²) < 4.78 is 19.1. The molecule has 6 rings (SSSR count). The van der Waals surface area contributed by atoms with Crippen LogP contribution in [0, 0.1) is 58.2 Å². The molecule has 1 aliphatic heterocycles. The van der Waals surface area contributed by atoms with E-state index in [0.717, 1.165) is 25.7 Å². The van der Waals surface area contributed by atoms with Gasteiger partial charge in [-0.15, -0.1) is 0 Å². The fraction of sp³-hybridized carbons (Fsp3) is 0.763. The molecule has 1 aromatic carbocycles. The normalized spacial score (nSPS) is 40.5. The van der Waals surface area contributed by atoms with Crippen LogP contribution in [0.4, 0.5) is 0 Å². The van der Waals surface area contributed by atoms with Gasteiger partial charge in [0.25, 0.3) is 0 Å². The number of hydrogen-bond acceptors (Lipinski definition) is 4. The second-order valence-corrected chi connectivity index (χ2v) is 15.6. The first-order valence-corrected chi connectivity index (χ1v) is 17.3. The largest absolute Gasteiger partial charge is 0.458 e. The van der Waals surface area contributed by atoms with E-state index < -0.39 is 5.79 Å². The van der Waals surface area contributed by atoms with Crippen molar-refractivity contribution in [3.05, 3.63) is 48.0 Å². The Morgan fingerprint density at radius 2 is 1.67 bits per heavy atom. The molecule has 8 unspecified atom stereocenters. The number of allylic oxidation sites excluding steroid dienone is 2. The number of esters is 1. The van der Waals surface area contributed by atoms with E-state index in [2.05, 4.69) is 53.7 Å². The highest BCUT2D eigenvalue weighted by Gasteiger charge is 2.65. The van der Waals surface area contributed by atoms with Crippen molar-refractivity contribution in [3.8, 4) is 0 Å². The molecule has 0 N–H and O–H groups in total. The van der Waals surface area contributed by atoms with E-state index in [0.29, 0.717) is 71.5 Å². The van der Waals surface area contributed by atoms with Crippen molar-refractivity contribution in [2.24, 2.45) is 58.2 Å². The molecule has 1 heterocycles. The smallest absolute Gasteiger partial charge is 0.338 e. The molecule has 5 aliphatic rings. The fourth-order valence-electron chi connectivity index (χ4n) is 11.0. The zero-order valence-corrected chi connectivity index (χ0v) is 27.1. The maximum atomic E-state index is 13.6. The molecule has 0 bridgehead atoms. The average molecular weight is 577 g/mol. The van der Waals surface area contributed by atoms with Gasteiger partial charge in [-0.3, -0.25) is 0 Å². The second-order valence-electron chi connectivity index (χ2n) is 15.6. The maximum Gasteiger partial charge on any atom is 0.338 e. The van der Waals surface area contributed by atoms with Crippen LogP contribution in [0.5, 0.6) is 0 Å². The first-order valence-electron chi connectivity index (χ1n) is 17.3. The Balaban J connectivity index is 1.29. The Morgan fingerprint density at radius 3 is 2.36 bits per heavy atom. The molecule has 1 aromatic rings. The monoisotopic (exact) mass is 576 g/mol. The van der Waals surface area contributed by atoms with Crippen molar-refractivity contribution in [2.45, 2.75) is 111 Å². The fourth-order valence-corrected chi connectivity index (χ4v) is 11.0. The Bertz CT molecular complexity index is 1120. The van der Waals surface area contributed by atoms with Crippen LogP contribution in [0.25, 0.3) is 0 Å². The summed E-state index contributed by atoms with van der Waals surface area (Å²) >= 11 is 0. The molecule has 232 valence electrons. The van der Waals surface area contributed by atoms with Crippen LogP contribution in [0.2, 0.25) is 0 Å². The van der Waals surface area contributed by atoms with Crippen LogP contribution in [0.3, 0.4) is 0 Å². The lowest BCUT2D eigenvalue weighted by atomic mass is 9.43. The summed E-state index contributed by atoms with van der Waals surface area (Å²) in [6.07, 6.45) is 15.4. The van der Waals surface area contributed by atoms with E-state index in [1.54, 1.807) is 0 Å². The van der Waals surface area contributed by atoms with Gasteiger partial charge in [0, 0.05) is 18.8 Å². The van der Waals surface area contributed by atoms with E-state index in [-0.39, 0.29) is 17.5 Å². The third-order valence-corrected chi connectivity index (χ3v) is 13.4. The van der Waals surface area contributed by atoms with Crippen LogP contribution >= 0.6 is 0 Å². The first kappa shape index (κ1) is 30.4. The lowest BCUT2D eigenvalue weighted by Gasteiger charge is -2.63. The number of benzene rings is 1. The Hall–Kier alpha value is -1.65. The van der Waals surface area contributed by atoms with Gasteiger partial charge in [0.15, 0.2) is 5.79 Å². The molecule has 10 atom stereocenters. The van der Waals surface area contributed by atoms with E-state index in [9.17, 15) is 4.79 Å². The van der Waals surface area contributed by atoms with Crippen LogP contribution in [-0.4, -0.2) is 31.1 Å². The maximum absolute atomic E-state index is 13.6. The molecule has 4 saturated carbocycles. The van der Waals surface area contributed by atoms with Crippen molar-refractivity contribution in [1.29, 1.82) is 0 Å². The number of fused-ring (bicyclic) bond motifs is 5. The Morgan fingerprint density at radius 1 is 0.952 bits per heavy atom. The van der Waals surface area contributed by atoms with Gasteiger partial charge in [0.05, 0.1) is 18.8 Å². The molecule has 4 nitrogen and oxygen atoms in total. The van der Waals surface area contributed by atoms with Gasteiger partial charge in [-0.25, -0.2) is 4.79 Å². The van der Waals surface area contributed by atoms with E-state index in [1.807, 2.05) is 30.3 Å². The molecule has 0 radical (unpaired) electrons. The minimum absolute atomic E-state index is 0.0445. The highest BCUT2D eigenvalue weighted by molar-refractivity contribution is 5.89. The summed E-state index contributed by atoms with van der Waals surface area (Å²) in [6.45, 7) is 16.1. The van der Waals surface area contributed by atoms with Crippen molar-refractivity contribution in [2.75, 3.05) is 13.2 Å². The van der Waals surface area contributed by atoms with Gasteiger partial charge in [0.2, 0.25) is 0 Å². The van der Waals surface area contributed by atoms with Gasteiger partial charge in [-0.2, -0.15) is 0 Å². The molecule has 1 saturated heterocycles. The van der Waals surface area contributed by atoms with Crippen molar-refractivity contribution >= 4 is 5.97 Å². The van der Waals surface area contributed by atoms with Crippen molar-refractivity contribution < 1.29 is 19.0 Å². The molecule has 42 heavy (non-hydrogen) atoms. The third kappa shape index (κ3) is 5.21. The minimum atomic E-state index is -0.416. The van der Waals surface area contributed by atoms with Crippen LogP contribution in [0.1, 0.15) is 110 Å². The standard InChI is InChI=1S/C38H56O4/c1-7-27(25(2)3)14-13-26(4)30-15-16-31-34-32(17-18-37(30,31)6)36(5)19-20-38(40-21-22-41-38)24-29(36)23-33(34)42-35(39)28-11-9-8-10-12-28/h8-14,25-27,29-34H,7,15-24H2,1-6H3/b14-13+/t26?,27?,29-,30?,31?,32?,33+,34?,36?,37?/m0/s1. The summed E-state index contributed by atoms with van der Waals surface area (Å²) in [6, 6.07) is 9.63. The van der Waals surface area contributed by atoms with Crippen molar-refractivity contribution in [1.82, 2.24) is 0 Å². The number of rotatable bonds is 7. The lowest BCUT2D eigenvalue weighted by molar-refractivity contribution is -0.242. The van der Waals surface area contributed by atoms with E-state index in [4.69, 9.17) is 14.2 Å². The predicted molar refractivity (Wildman–Crippen MR) is 168 cm³/mol. The van der Waals surface area contributed by atoms with E-state index in [1.165, 1.54) is 32.1 Å². The predicted octanol–water partition coefficient (Wildman–Crippen LogP) is 9.10. The summed E-state index contributed by atoms with van der Waals surface area (Å²) in [7, 11) is 0. The Labute approximate surface area is 255 Å². The van der Waals surface area contributed by atoms with Gasteiger partial charge < -0.3 is 14.2 Å². The first-order chi connectivity index (χ1) is 20.1. The number of carbonyl (C=O) groups is 1. The molecular weight excluding hydrogens is 520 g/mol. The van der Waals surface area contributed by atoms with Crippen LogP contribution < -0.4 is 0 Å². The summed E-state index contributed by atoms with van der Waals surface area (Å²) in [5.41, 5.74) is 1.21. The van der Waals surface area contributed by atoms with Gasteiger partial charge in [0.1, 0.15) is 6.10 Å². The van der Waals surface area contributed by atoms with Gasteiger partial charge in [-0.05, 0) is 109 Å². The zero-order valence-electron chi connectivity index (χ0n) is 27.1. The highest BCUT2D eigenvalue weighted by atomic mass is 16.7. The zero-order chi connectivity index (χ0) is 29.7. The minimum Gasteiger partial charge on any atom is -0.458 e. The number of ether oxygens (including phenoxy) is 3. The van der Waals surface area contributed by atoms with E-state index >= 15 is 0 Å².